The van der Waals surface area contributed by atoms with Gasteiger partial charge in [0, 0.05) is 22.2 Å². The number of rotatable bonds is 4. The maximum Gasteiger partial charge on any atom is 0.293 e. The normalized spacial score (nSPS) is 10.0. The number of para-hydroxylation sites is 1. The maximum atomic E-state index is 12.2. The van der Waals surface area contributed by atoms with Crippen molar-refractivity contribution in [2.24, 2.45) is 0 Å². The van der Waals surface area contributed by atoms with Crippen LogP contribution in [-0.4, -0.2) is 17.9 Å². The van der Waals surface area contributed by atoms with Crippen molar-refractivity contribution < 1.29 is 9.72 Å². The molecule has 0 saturated heterocycles. The van der Waals surface area contributed by atoms with Gasteiger partial charge in [-0.2, -0.15) is 0 Å². The van der Waals surface area contributed by atoms with E-state index in [1.54, 1.807) is 19.2 Å². The van der Waals surface area contributed by atoms with Gasteiger partial charge >= 0.3 is 0 Å². The number of amides is 1. The third kappa shape index (κ3) is 3.48. The third-order valence-electron chi connectivity index (χ3n) is 2.85. The first-order valence-corrected chi connectivity index (χ1v) is 7.13. The summed E-state index contributed by atoms with van der Waals surface area (Å²) in [5.41, 5.74) is 1.14. The van der Waals surface area contributed by atoms with Gasteiger partial charge in [-0.3, -0.25) is 14.9 Å². The minimum Gasteiger partial charge on any atom is -0.383 e. The fraction of sp³-hybridized carbons (Fsp3) is 0.0714. The molecule has 0 radical (unpaired) electrons. The van der Waals surface area contributed by atoms with Crippen molar-refractivity contribution in [2.45, 2.75) is 0 Å². The lowest BCUT2D eigenvalue weighted by molar-refractivity contribution is -0.384. The number of hydrogen-bond donors (Lipinski definition) is 2. The molecule has 108 valence electrons. The van der Waals surface area contributed by atoms with Gasteiger partial charge in [-0.05, 0) is 46.9 Å². The topological polar surface area (TPSA) is 84.3 Å². The molecule has 0 heterocycles. The minimum absolute atomic E-state index is 0.132. The molecule has 7 heteroatoms. The average Bonchev–Trinajstić information content (AvgIpc) is 2.48. The summed E-state index contributed by atoms with van der Waals surface area (Å²) in [6.45, 7) is 0. The number of nitrogens with one attached hydrogen (secondary N) is 2. The zero-order valence-corrected chi connectivity index (χ0v) is 13.2. The van der Waals surface area contributed by atoms with Crippen molar-refractivity contribution in [1.29, 1.82) is 0 Å². The number of carbonyl (C=O) groups is 1. The molecule has 0 atom stereocenters. The maximum absolute atomic E-state index is 12.2. The van der Waals surface area contributed by atoms with Crippen molar-refractivity contribution in [3.05, 3.63) is 61.7 Å². The Bertz CT molecular complexity index is 704. The minimum atomic E-state index is -0.519. The predicted octanol–water partition coefficient (Wildman–Crippen LogP) is 3.49. The number of anilines is 2. The van der Waals surface area contributed by atoms with Crippen LogP contribution in [0, 0.1) is 13.7 Å². The molecule has 0 unspecified atom stereocenters. The average molecular weight is 397 g/mol. The van der Waals surface area contributed by atoms with Gasteiger partial charge in [-0.1, -0.05) is 12.1 Å². The van der Waals surface area contributed by atoms with Crippen molar-refractivity contribution in [1.82, 2.24) is 0 Å². The number of hydrogen-bond acceptors (Lipinski definition) is 4. The molecule has 1 amide bonds. The van der Waals surface area contributed by atoms with E-state index >= 15 is 0 Å². The van der Waals surface area contributed by atoms with Gasteiger partial charge in [-0.25, -0.2) is 0 Å². The second kappa shape index (κ2) is 6.53. The monoisotopic (exact) mass is 397 g/mol. The van der Waals surface area contributed by atoms with Crippen LogP contribution in [0.1, 0.15) is 10.4 Å². The van der Waals surface area contributed by atoms with E-state index in [-0.39, 0.29) is 17.2 Å². The van der Waals surface area contributed by atoms with Gasteiger partial charge in [0.05, 0.1) is 10.6 Å². The summed E-state index contributed by atoms with van der Waals surface area (Å²) in [4.78, 5) is 22.7. The van der Waals surface area contributed by atoms with Gasteiger partial charge in [-0.15, -0.1) is 0 Å². The number of nitro benzene ring substituents is 1. The van der Waals surface area contributed by atoms with Crippen molar-refractivity contribution >= 4 is 45.6 Å². The van der Waals surface area contributed by atoms with Crippen LogP contribution in [0.25, 0.3) is 0 Å². The van der Waals surface area contributed by atoms with Crippen LogP contribution in [0.5, 0.6) is 0 Å². The molecular formula is C14H12IN3O3. The smallest absolute Gasteiger partial charge is 0.293 e. The summed E-state index contributed by atoms with van der Waals surface area (Å²) in [5.74, 6) is -0.384. The van der Waals surface area contributed by atoms with Crippen LogP contribution < -0.4 is 10.6 Å². The lowest BCUT2D eigenvalue weighted by Gasteiger charge is -2.08. The van der Waals surface area contributed by atoms with Gasteiger partial charge in [0.1, 0.15) is 5.69 Å². The van der Waals surface area contributed by atoms with Crippen molar-refractivity contribution in [3.8, 4) is 0 Å². The van der Waals surface area contributed by atoms with Gasteiger partial charge < -0.3 is 10.6 Å². The van der Waals surface area contributed by atoms with E-state index in [9.17, 15) is 14.9 Å². The van der Waals surface area contributed by atoms with E-state index in [1.165, 1.54) is 12.1 Å². The zero-order valence-electron chi connectivity index (χ0n) is 11.1. The molecule has 0 saturated carbocycles. The summed E-state index contributed by atoms with van der Waals surface area (Å²) < 4.78 is 0.893. The zero-order chi connectivity index (χ0) is 15.4. The molecule has 21 heavy (non-hydrogen) atoms. The highest BCUT2D eigenvalue weighted by atomic mass is 127. The molecule has 6 nitrogen and oxygen atoms in total. The Kier molecular flexibility index (Phi) is 4.73. The SMILES string of the molecule is CNc1ccc(C(=O)Nc2ccccc2I)cc1[N+](=O)[O-]. The van der Waals surface area contributed by atoms with E-state index in [0.29, 0.717) is 11.4 Å². The molecule has 0 aromatic heterocycles. The van der Waals surface area contributed by atoms with Crippen LogP contribution in [0.4, 0.5) is 17.1 Å². The first-order chi connectivity index (χ1) is 10.0. The number of carbonyl (C=O) groups excluding carboxylic acids is 1. The molecule has 2 N–H and O–H groups in total. The molecule has 0 aliphatic heterocycles. The lowest BCUT2D eigenvalue weighted by atomic mass is 10.1. The van der Waals surface area contributed by atoms with Crippen molar-refractivity contribution in [2.75, 3.05) is 17.7 Å². The van der Waals surface area contributed by atoms with E-state index in [1.807, 2.05) is 18.2 Å². The highest BCUT2D eigenvalue weighted by Gasteiger charge is 2.17. The number of nitro groups is 1. The lowest BCUT2D eigenvalue weighted by Crippen LogP contribution is -2.13. The van der Waals surface area contributed by atoms with Crippen LogP contribution in [0.3, 0.4) is 0 Å². The molecule has 2 aromatic rings. The highest BCUT2D eigenvalue weighted by molar-refractivity contribution is 14.1. The Hall–Kier alpha value is -2.16. The third-order valence-corrected chi connectivity index (χ3v) is 3.79. The van der Waals surface area contributed by atoms with E-state index in [4.69, 9.17) is 0 Å². The summed E-state index contributed by atoms with van der Waals surface area (Å²) in [6, 6.07) is 11.6. The Morgan fingerprint density at radius 3 is 2.52 bits per heavy atom. The fourth-order valence-electron chi connectivity index (χ4n) is 1.79. The highest BCUT2D eigenvalue weighted by Crippen LogP contribution is 2.26. The summed E-state index contributed by atoms with van der Waals surface area (Å²) in [5, 5.41) is 16.5. The van der Waals surface area contributed by atoms with Crippen LogP contribution in [0.15, 0.2) is 42.5 Å². The fourth-order valence-corrected chi connectivity index (χ4v) is 2.31. The second-order valence-electron chi connectivity index (χ2n) is 4.17. The molecule has 2 rings (SSSR count). The molecular weight excluding hydrogens is 385 g/mol. The second-order valence-corrected chi connectivity index (χ2v) is 5.34. The van der Waals surface area contributed by atoms with Gasteiger partial charge in [0.25, 0.3) is 11.6 Å². The van der Waals surface area contributed by atoms with Crippen LogP contribution in [0.2, 0.25) is 0 Å². The molecule has 0 fully saturated rings. The number of nitrogens with zero attached hydrogens (tertiary/aromatic N) is 1. The summed E-state index contributed by atoms with van der Waals surface area (Å²) in [6.07, 6.45) is 0. The standard InChI is InChI=1S/C14H12IN3O3/c1-16-12-7-6-9(8-13(12)18(20)21)14(19)17-11-5-3-2-4-10(11)15/h2-8,16H,1H3,(H,17,19). The molecule has 0 aliphatic rings. The molecule has 0 bridgehead atoms. The Morgan fingerprint density at radius 2 is 1.90 bits per heavy atom. The largest absolute Gasteiger partial charge is 0.383 e. The molecule has 2 aromatic carbocycles. The first kappa shape index (κ1) is 15.2. The summed E-state index contributed by atoms with van der Waals surface area (Å²) >= 11 is 2.11. The van der Waals surface area contributed by atoms with E-state index in [0.717, 1.165) is 3.57 Å². The van der Waals surface area contributed by atoms with Crippen LogP contribution in [-0.2, 0) is 0 Å². The number of benzene rings is 2. The molecule has 0 aliphatic carbocycles. The van der Waals surface area contributed by atoms with Crippen LogP contribution >= 0.6 is 22.6 Å². The molecule has 0 spiro atoms. The quantitative estimate of drug-likeness (QED) is 0.470. The Balaban J connectivity index is 2.30. The first-order valence-electron chi connectivity index (χ1n) is 6.05. The van der Waals surface area contributed by atoms with Gasteiger partial charge in [0.15, 0.2) is 0 Å². The Labute approximate surface area is 134 Å². The predicted molar refractivity (Wildman–Crippen MR) is 89.8 cm³/mol. The number of halogens is 1. The van der Waals surface area contributed by atoms with E-state index in [2.05, 4.69) is 33.2 Å². The van der Waals surface area contributed by atoms with Crippen molar-refractivity contribution in [3.63, 3.8) is 0 Å². The van der Waals surface area contributed by atoms with Gasteiger partial charge in [0.2, 0.25) is 0 Å². The summed E-state index contributed by atoms with van der Waals surface area (Å²) in [7, 11) is 1.59. The Morgan fingerprint density at radius 1 is 1.19 bits per heavy atom. The van der Waals surface area contributed by atoms with E-state index < -0.39 is 4.92 Å².